The predicted octanol–water partition coefficient (Wildman–Crippen LogP) is 6.36. The number of hydrogen-bond acceptors (Lipinski definition) is 5. The average molecular weight is 607 g/mol. The highest BCUT2D eigenvalue weighted by Gasteiger charge is 2.36. The highest BCUT2D eigenvalue weighted by Crippen LogP contribution is 2.22. The lowest BCUT2D eigenvalue weighted by molar-refractivity contribution is -0.135. The molecule has 248 valence electrons. The summed E-state index contributed by atoms with van der Waals surface area (Å²) in [5.74, 6) is -0.148. The van der Waals surface area contributed by atoms with Gasteiger partial charge in [-0.25, -0.2) is 4.79 Å². The normalized spacial score (nSPS) is 19.2. The van der Waals surface area contributed by atoms with Crippen LogP contribution in [-0.4, -0.2) is 77.5 Å². The minimum atomic E-state index is -0.564. The van der Waals surface area contributed by atoms with Crippen molar-refractivity contribution in [2.75, 3.05) is 26.2 Å². The highest BCUT2D eigenvalue weighted by atomic mass is 16.6. The van der Waals surface area contributed by atoms with Gasteiger partial charge in [0.15, 0.2) is 0 Å². The second-order valence-electron chi connectivity index (χ2n) is 14.3. The number of nitrogens with one attached hydrogen (secondary N) is 2. The van der Waals surface area contributed by atoms with E-state index in [1.54, 1.807) is 15.9 Å². The van der Waals surface area contributed by atoms with Crippen molar-refractivity contribution in [2.24, 2.45) is 5.41 Å². The van der Waals surface area contributed by atoms with Gasteiger partial charge in [0.1, 0.15) is 17.7 Å². The van der Waals surface area contributed by atoms with E-state index in [-0.39, 0.29) is 30.6 Å². The molecule has 0 aliphatic carbocycles. The Morgan fingerprint density at radius 2 is 1.12 bits per heavy atom. The predicted molar refractivity (Wildman–Crippen MR) is 174 cm³/mol. The monoisotopic (exact) mass is 606 g/mol. The van der Waals surface area contributed by atoms with Crippen LogP contribution >= 0.6 is 0 Å². The lowest BCUT2D eigenvalue weighted by Crippen LogP contribution is -2.47. The van der Waals surface area contributed by atoms with E-state index in [0.29, 0.717) is 32.6 Å². The van der Waals surface area contributed by atoms with E-state index < -0.39 is 17.7 Å². The van der Waals surface area contributed by atoms with Crippen molar-refractivity contribution in [3.63, 3.8) is 0 Å². The number of allylic oxidation sites excluding steroid dienone is 1. The van der Waals surface area contributed by atoms with Gasteiger partial charge in [0.25, 0.3) is 0 Å². The van der Waals surface area contributed by atoms with Gasteiger partial charge in [0.2, 0.25) is 17.7 Å². The Labute approximate surface area is 262 Å². The first kappa shape index (κ1) is 36.6. The van der Waals surface area contributed by atoms with E-state index in [1.165, 1.54) is 38.5 Å². The van der Waals surface area contributed by atoms with Crippen LogP contribution in [0.25, 0.3) is 0 Å². The molecule has 0 spiro atoms. The van der Waals surface area contributed by atoms with Crippen LogP contribution in [0.5, 0.6) is 0 Å². The molecule has 0 radical (unpaired) electrons. The third kappa shape index (κ3) is 14.6. The van der Waals surface area contributed by atoms with E-state index in [0.717, 1.165) is 44.9 Å². The van der Waals surface area contributed by atoms with Crippen molar-refractivity contribution >= 4 is 23.8 Å². The second-order valence-corrected chi connectivity index (χ2v) is 14.3. The third-order valence-electron chi connectivity index (χ3n) is 7.95. The zero-order valence-corrected chi connectivity index (χ0v) is 28.0. The summed E-state index contributed by atoms with van der Waals surface area (Å²) in [6.45, 7) is 14.2. The molecule has 0 aromatic heterocycles. The molecule has 0 aromatic carbocycles. The first-order chi connectivity index (χ1) is 20.3. The maximum Gasteiger partial charge on any atom is 0.410 e. The molecular weight excluding hydrogens is 544 g/mol. The first-order valence-electron chi connectivity index (χ1n) is 16.8. The molecular formula is C34H62N4O5. The van der Waals surface area contributed by atoms with E-state index in [4.69, 9.17) is 4.74 Å². The molecule has 4 amide bonds. The van der Waals surface area contributed by atoms with E-state index in [2.05, 4.69) is 31.4 Å². The maximum absolute atomic E-state index is 12.7. The number of hydrogen-bond donors (Lipinski definition) is 2. The number of rotatable bonds is 16. The van der Waals surface area contributed by atoms with Crippen LogP contribution in [0.15, 0.2) is 12.2 Å². The van der Waals surface area contributed by atoms with E-state index in [9.17, 15) is 19.2 Å². The molecule has 2 saturated heterocycles. The molecule has 0 aromatic rings. The molecule has 2 atom stereocenters. The van der Waals surface area contributed by atoms with Crippen LogP contribution in [0, 0.1) is 5.41 Å². The fraction of sp³-hybridized carbons (Fsp3) is 0.824. The van der Waals surface area contributed by atoms with Crippen molar-refractivity contribution in [1.82, 2.24) is 20.4 Å². The number of carbonyl (C=O) groups excluding carboxylic acids is 4. The summed E-state index contributed by atoms with van der Waals surface area (Å²) >= 11 is 0. The Balaban J connectivity index is 0.00000968. The number of nitrogens with zero attached hydrogens (tertiary/aromatic N) is 2. The summed E-state index contributed by atoms with van der Waals surface area (Å²) in [5, 5.41) is 6.06. The van der Waals surface area contributed by atoms with E-state index >= 15 is 0 Å². The van der Waals surface area contributed by atoms with Gasteiger partial charge in [-0.3, -0.25) is 19.3 Å². The molecule has 2 heterocycles. The van der Waals surface area contributed by atoms with Gasteiger partial charge in [0, 0.05) is 27.6 Å². The van der Waals surface area contributed by atoms with Crippen LogP contribution in [0.2, 0.25) is 0 Å². The van der Waals surface area contributed by atoms with Crippen molar-refractivity contribution in [1.29, 1.82) is 0 Å². The van der Waals surface area contributed by atoms with Gasteiger partial charge in [-0.05, 0) is 70.8 Å². The van der Waals surface area contributed by atoms with Crippen LogP contribution in [0.1, 0.15) is 133 Å². The summed E-state index contributed by atoms with van der Waals surface area (Å²) in [5.41, 5.74) is -0.620. The maximum atomic E-state index is 12.7. The minimum absolute atomic E-state index is 0. The Morgan fingerprint density at radius 3 is 1.56 bits per heavy atom. The number of ether oxygens (including phenoxy) is 1. The number of carbonyl (C=O) groups is 4. The molecule has 9 nitrogen and oxygen atoms in total. The van der Waals surface area contributed by atoms with Gasteiger partial charge in [-0.2, -0.15) is 0 Å². The van der Waals surface area contributed by atoms with Gasteiger partial charge in [0.05, 0.1) is 0 Å². The summed E-state index contributed by atoms with van der Waals surface area (Å²) < 4.78 is 5.45. The number of unbranched alkanes of at least 4 members (excludes halogenated alkanes) is 9. The summed E-state index contributed by atoms with van der Waals surface area (Å²) in [4.78, 5) is 53.5. The molecule has 2 aliphatic heterocycles. The van der Waals surface area contributed by atoms with Crippen LogP contribution in [0.4, 0.5) is 4.79 Å². The van der Waals surface area contributed by atoms with Gasteiger partial charge in [-0.1, -0.05) is 78.2 Å². The SMILES string of the molecule is CC(C)(C)/C=C\C(=O)N1CCC[C@@H]1C(=O)NCCCCCCCCCCCCNC(=O)[C@H]1CCCN1C(=O)OC(C)(C)C.[HH]. The minimum Gasteiger partial charge on any atom is -0.444 e. The second kappa shape index (κ2) is 18.3. The smallest absolute Gasteiger partial charge is 0.410 e. The van der Waals surface area contributed by atoms with Crippen LogP contribution in [0.3, 0.4) is 0 Å². The number of amides is 4. The molecule has 2 rings (SSSR count). The Kier molecular flexibility index (Phi) is 15.6. The van der Waals surface area contributed by atoms with Crippen LogP contribution in [-0.2, 0) is 19.1 Å². The molecule has 0 saturated carbocycles. The van der Waals surface area contributed by atoms with Crippen molar-refractivity contribution in [2.45, 2.75) is 149 Å². The Hall–Kier alpha value is -2.58. The zero-order chi connectivity index (χ0) is 31.9. The fourth-order valence-corrected chi connectivity index (χ4v) is 5.62. The molecule has 2 fully saturated rings. The molecule has 0 bridgehead atoms. The quantitative estimate of drug-likeness (QED) is 0.157. The summed E-state index contributed by atoms with van der Waals surface area (Å²) in [6, 6.07) is -0.754. The van der Waals surface area contributed by atoms with Gasteiger partial charge >= 0.3 is 6.09 Å². The highest BCUT2D eigenvalue weighted by molar-refractivity contribution is 5.93. The van der Waals surface area contributed by atoms with Gasteiger partial charge in [-0.15, -0.1) is 0 Å². The van der Waals surface area contributed by atoms with Crippen molar-refractivity contribution < 1.29 is 25.3 Å². The molecule has 0 unspecified atom stereocenters. The van der Waals surface area contributed by atoms with Crippen LogP contribution < -0.4 is 10.6 Å². The summed E-state index contributed by atoms with van der Waals surface area (Å²) in [7, 11) is 0. The van der Waals surface area contributed by atoms with Gasteiger partial charge < -0.3 is 20.3 Å². The van der Waals surface area contributed by atoms with Crippen molar-refractivity contribution in [3.05, 3.63) is 12.2 Å². The largest absolute Gasteiger partial charge is 0.444 e. The van der Waals surface area contributed by atoms with E-state index in [1.807, 2.05) is 26.8 Å². The third-order valence-corrected chi connectivity index (χ3v) is 7.95. The topological polar surface area (TPSA) is 108 Å². The average Bonchev–Trinajstić information content (AvgIpc) is 3.61. The first-order valence-corrected chi connectivity index (χ1v) is 16.8. The fourth-order valence-electron chi connectivity index (χ4n) is 5.62. The summed E-state index contributed by atoms with van der Waals surface area (Å²) in [6.07, 6.45) is 17.6. The molecule has 43 heavy (non-hydrogen) atoms. The lowest BCUT2D eigenvalue weighted by Gasteiger charge is -2.28. The number of likely N-dealkylation sites (tertiary alicyclic amines) is 2. The lowest BCUT2D eigenvalue weighted by atomic mass is 9.96. The van der Waals surface area contributed by atoms with Crippen molar-refractivity contribution in [3.8, 4) is 0 Å². The Bertz CT molecular complexity index is 928. The molecule has 2 aliphatic rings. The molecule has 2 N–H and O–H groups in total. The zero-order valence-electron chi connectivity index (χ0n) is 28.0. The Morgan fingerprint density at radius 1 is 0.698 bits per heavy atom. The molecule has 9 heteroatoms. The standard InChI is InChI=1S/C34H60N4O5.H2/c1-33(2,3)22-21-29(39)37-25-17-19-27(37)30(40)35-23-15-13-11-9-7-8-10-12-14-16-24-36-31(41)28-20-18-26-38(28)32(42)43-34(4,5)6;/h21-22,27-28H,7-20,23-26H2,1-6H3,(H,35,40)(H,36,41);1H/b22-21-;/t27-,28-;/m1./s1.